The predicted octanol–water partition coefficient (Wildman–Crippen LogP) is 3.00. The maximum absolute atomic E-state index is 15.1. The molecule has 0 radical (unpaired) electrons. The zero-order valence-corrected chi connectivity index (χ0v) is 56.5. The Labute approximate surface area is 509 Å². The van der Waals surface area contributed by atoms with E-state index in [1.165, 1.54) is 87.7 Å². The highest BCUT2D eigenvalue weighted by molar-refractivity contribution is 6.00. The Bertz CT molecular complexity index is 2290. The van der Waals surface area contributed by atoms with E-state index in [1.807, 2.05) is 55.4 Å². The van der Waals surface area contributed by atoms with Gasteiger partial charge in [0.05, 0.1) is 12.1 Å². The second kappa shape index (κ2) is 34.6. The third kappa shape index (κ3) is 21.0. The van der Waals surface area contributed by atoms with E-state index >= 15 is 9.59 Å². The average Bonchev–Trinajstić information content (AvgIpc) is 3.49. The van der Waals surface area contributed by atoms with Crippen LogP contribution in [0.4, 0.5) is 0 Å². The van der Waals surface area contributed by atoms with Gasteiger partial charge in [0, 0.05) is 61.7 Å². The van der Waals surface area contributed by atoms with Crippen LogP contribution in [0.2, 0.25) is 0 Å². The summed E-state index contributed by atoms with van der Waals surface area (Å²) >= 11 is 0. The molecule has 0 unspecified atom stereocenters. The molecule has 1 rings (SSSR count). The topological polar surface area (TPSA) is 279 Å². The normalized spacial score (nSPS) is 27.8. The minimum Gasteiger partial charge on any atom is -0.390 e. The lowest BCUT2D eigenvalue weighted by atomic mass is 9.93. The van der Waals surface area contributed by atoms with Gasteiger partial charge >= 0.3 is 0 Å². The Morgan fingerprint density at radius 2 is 0.859 bits per heavy atom. The van der Waals surface area contributed by atoms with E-state index < -0.39 is 155 Å². The highest BCUT2D eigenvalue weighted by atomic mass is 16.3. The summed E-state index contributed by atoms with van der Waals surface area (Å²) in [7, 11) is 11.7. The number of amides is 10. The van der Waals surface area contributed by atoms with Gasteiger partial charge in [0.1, 0.15) is 54.4 Å². The molecule has 5 N–H and O–H groups in total. The molecule has 10 amide bonds. The van der Waals surface area contributed by atoms with E-state index in [2.05, 4.69) is 21.3 Å². The van der Waals surface area contributed by atoms with Crippen LogP contribution in [0, 0.1) is 47.3 Å². The number of nitrogens with zero attached hydrogens (tertiary/aromatic N) is 7. The number of ketones is 1. The number of hydrogen-bond acceptors (Lipinski definition) is 13. The number of carbonyl (C=O) groups excluding carboxylic acids is 11. The Morgan fingerprint density at radius 1 is 0.459 bits per heavy atom. The molecule has 488 valence electrons. The molecule has 85 heavy (non-hydrogen) atoms. The van der Waals surface area contributed by atoms with E-state index in [0.29, 0.717) is 0 Å². The van der Waals surface area contributed by atoms with Crippen LogP contribution in [0.25, 0.3) is 0 Å². The van der Waals surface area contributed by atoms with Crippen molar-refractivity contribution in [3.8, 4) is 0 Å². The van der Waals surface area contributed by atoms with E-state index in [4.69, 9.17) is 0 Å². The summed E-state index contributed by atoms with van der Waals surface area (Å²) in [6.45, 7) is 30.0. The lowest BCUT2D eigenvalue weighted by Crippen LogP contribution is -2.64. The molecule has 0 aliphatic carbocycles. The molecule has 0 saturated carbocycles. The average molecular weight is 1200 g/mol. The Kier molecular flexibility index (Phi) is 31.5. The number of Topliss-reactive ketones (excluding diaryl/α,β-unsaturated/α-hetero) is 1. The van der Waals surface area contributed by atoms with Crippen LogP contribution in [-0.4, -0.2) is 234 Å². The first-order valence-corrected chi connectivity index (χ1v) is 30.8. The SMILES string of the molecule is CC[C@H]1NC(=O)[C@@H]([C@H](O)[C@H](C)CNC)N(C)C(=O)[C@@H](C(C)C)N(C)C(=O)[C@@H](CC(C)C)N(C)C(=O)[C@@H](CC(C)C)N(C)C(=O)[C@H](C)CC(=O)[C@@H](C)NC(=O)[C@@H](CC(C)C)N(C)C(=O)[C@@H](C(C)C)NC(=O)[C@H](CC(C)C)N(C)C(=O)[C@@H](C)N(C)C1=O. The van der Waals surface area contributed by atoms with Crippen LogP contribution < -0.4 is 21.3 Å². The lowest BCUT2D eigenvalue weighted by Gasteiger charge is -2.41. The smallest absolute Gasteiger partial charge is 0.246 e. The zero-order valence-electron chi connectivity index (χ0n) is 56.5. The van der Waals surface area contributed by atoms with Crippen LogP contribution in [0.1, 0.15) is 156 Å². The van der Waals surface area contributed by atoms with Crippen molar-refractivity contribution >= 4 is 64.9 Å². The van der Waals surface area contributed by atoms with Gasteiger partial charge in [-0.1, -0.05) is 104 Å². The van der Waals surface area contributed by atoms with Crippen molar-refractivity contribution in [2.24, 2.45) is 47.3 Å². The van der Waals surface area contributed by atoms with Crippen LogP contribution >= 0.6 is 0 Å². The fraction of sp³-hybridized carbons (Fsp3) is 0.823. The van der Waals surface area contributed by atoms with Crippen molar-refractivity contribution in [2.45, 2.75) is 223 Å². The first-order chi connectivity index (χ1) is 39.1. The highest BCUT2D eigenvalue weighted by Gasteiger charge is 2.46. The maximum Gasteiger partial charge on any atom is 0.246 e. The number of carbonyl (C=O) groups is 11. The monoisotopic (exact) mass is 1200 g/mol. The zero-order chi connectivity index (χ0) is 66.1. The summed E-state index contributed by atoms with van der Waals surface area (Å²) in [5.74, 6) is -10.2. The van der Waals surface area contributed by atoms with E-state index in [1.54, 1.807) is 55.5 Å². The minimum absolute atomic E-state index is 0.0167. The quantitative estimate of drug-likeness (QED) is 0.158. The molecular formula is C62H113N11O12. The summed E-state index contributed by atoms with van der Waals surface area (Å²) in [5.41, 5.74) is 0. The standard InChI is InChI=1S/C62H113N11O12/c1-26-43-58(81)67(19)42(17)57(80)68(20)45(28-34(4)5)54(77)66-49(37(10)11)61(84)69(21)44(27-33(2)3)53(76)64-41(16)48(74)31-39(14)56(79)70(22)46(29-35(6)7)59(82)71(23)47(30-36(8)9)60(83)72(24)50(38(12)13)62(85)73(25)51(55(78)65-43)52(75)40(15)32-63-18/h33-47,49-52,63,75H,26-32H2,1-25H3,(H,64,76)(H,65,78)(H,66,77)/t39-,40-,41-,42-,43-,44-,45+,46-,47-,49-,50-,51-,52-/m1/s1. The summed E-state index contributed by atoms with van der Waals surface area (Å²) in [5, 5.41) is 23.4. The molecule has 0 aromatic carbocycles. The Hall–Kier alpha value is -5.71. The minimum atomic E-state index is -1.62. The summed E-state index contributed by atoms with van der Waals surface area (Å²) in [6, 6.07) is -12.2. The Balaban J connectivity index is 4.35. The first kappa shape index (κ1) is 77.3. The molecule has 0 spiro atoms. The van der Waals surface area contributed by atoms with Crippen LogP contribution in [-0.2, 0) is 52.7 Å². The van der Waals surface area contributed by atoms with Gasteiger partial charge < -0.3 is 60.7 Å². The van der Waals surface area contributed by atoms with Gasteiger partial charge in [-0.05, 0) is 101 Å². The molecule has 0 aromatic heterocycles. The highest BCUT2D eigenvalue weighted by Crippen LogP contribution is 2.26. The summed E-state index contributed by atoms with van der Waals surface area (Å²) in [4.78, 5) is 170. The summed E-state index contributed by atoms with van der Waals surface area (Å²) in [6.07, 6.45) is -1.15. The number of aliphatic hydroxyl groups is 1. The van der Waals surface area contributed by atoms with E-state index in [0.717, 1.165) is 9.80 Å². The third-order valence-corrected chi connectivity index (χ3v) is 16.6. The largest absolute Gasteiger partial charge is 0.390 e. The van der Waals surface area contributed by atoms with Crippen molar-refractivity contribution in [2.75, 3.05) is 62.9 Å². The molecule has 0 bridgehead atoms. The molecular weight excluding hydrogens is 1090 g/mol. The molecule has 1 aliphatic heterocycles. The first-order valence-electron chi connectivity index (χ1n) is 30.8. The number of rotatable bonds is 15. The van der Waals surface area contributed by atoms with Crippen molar-refractivity contribution in [3.05, 3.63) is 0 Å². The second-order valence-corrected chi connectivity index (χ2v) is 26.6. The van der Waals surface area contributed by atoms with Gasteiger partial charge in [-0.3, -0.25) is 52.7 Å². The van der Waals surface area contributed by atoms with Gasteiger partial charge in [0.15, 0.2) is 5.78 Å². The maximum atomic E-state index is 15.1. The van der Waals surface area contributed by atoms with Gasteiger partial charge in [-0.2, -0.15) is 0 Å². The predicted molar refractivity (Wildman–Crippen MR) is 329 cm³/mol. The molecule has 0 aromatic rings. The van der Waals surface area contributed by atoms with Crippen molar-refractivity contribution in [3.63, 3.8) is 0 Å². The molecule has 1 fully saturated rings. The van der Waals surface area contributed by atoms with Gasteiger partial charge in [-0.25, -0.2) is 0 Å². The van der Waals surface area contributed by atoms with E-state index in [9.17, 15) is 48.3 Å². The number of hydrogen-bond donors (Lipinski definition) is 5. The molecule has 23 heteroatoms. The molecule has 13 atom stereocenters. The fourth-order valence-electron chi connectivity index (χ4n) is 11.1. The molecule has 23 nitrogen and oxygen atoms in total. The third-order valence-electron chi connectivity index (χ3n) is 16.6. The Morgan fingerprint density at radius 3 is 1.28 bits per heavy atom. The summed E-state index contributed by atoms with van der Waals surface area (Å²) < 4.78 is 0. The van der Waals surface area contributed by atoms with Gasteiger partial charge in [0.25, 0.3) is 0 Å². The molecule has 1 saturated heterocycles. The van der Waals surface area contributed by atoms with Gasteiger partial charge in [0.2, 0.25) is 59.1 Å². The lowest BCUT2D eigenvalue weighted by molar-refractivity contribution is -0.157. The van der Waals surface area contributed by atoms with Crippen molar-refractivity contribution in [1.82, 2.24) is 55.6 Å². The number of aliphatic hydroxyl groups excluding tert-OH is 1. The van der Waals surface area contributed by atoms with E-state index in [-0.39, 0.29) is 68.7 Å². The van der Waals surface area contributed by atoms with Crippen LogP contribution in [0.3, 0.4) is 0 Å². The second-order valence-electron chi connectivity index (χ2n) is 26.6. The molecule has 1 heterocycles. The fourth-order valence-corrected chi connectivity index (χ4v) is 11.1. The molecule has 1 aliphatic rings. The van der Waals surface area contributed by atoms with Crippen LogP contribution in [0.5, 0.6) is 0 Å². The number of nitrogens with one attached hydrogen (secondary N) is 4. The number of likely N-dealkylation sites (N-methyl/N-ethyl adjacent to an activating group) is 7. The van der Waals surface area contributed by atoms with Crippen LogP contribution in [0.15, 0.2) is 0 Å². The van der Waals surface area contributed by atoms with Crippen molar-refractivity contribution in [1.29, 1.82) is 0 Å². The van der Waals surface area contributed by atoms with Gasteiger partial charge in [-0.15, -0.1) is 0 Å². The van der Waals surface area contributed by atoms with Crippen molar-refractivity contribution < 1.29 is 57.8 Å².